The van der Waals surface area contributed by atoms with Gasteiger partial charge in [0, 0.05) is 44.6 Å². The van der Waals surface area contributed by atoms with Crippen molar-refractivity contribution in [3.63, 3.8) is 0 Å². The zero-order valence-electron chi connectivity index (χ0n) is 14.9. The zero-order valence-corrected chi connectivity index (χ0v) is 14.9. The number of nitrogens with zero attached hydrogens (tertiary/aromatic N) is 5. The highest BCUT2D eigenvalue weighted by molar-refractivity contribution is 5.26. The predicted molar refractivity (Wildman–Crippen MR) is 92.3 cm³/mol. The Morgan fingerprint density at radius 2 is 2.04 bits per heavy atom. The highest BCUT2D eigenvalue weighted by atomic mass is 15.3. The first-order chi connectivity index (χ1) is 11.1. The lowest BCUT2D eigenvalue weighted by molar-refractivity contribution is 0.314. The van der Waals surface area contributed by atoms with E-state index in [9.17, 15) is 0 Å². The Morgan fingerprint density at radius 3 is 2.70 bits per heavy atom. The van der Waals surface area contributed by atoms with E-state index in [0.717, 1.165) is 31.7 Å². The molecule has 0 radical (unpaired) electrons. The first kappa shape index (κ1) is 16.2. The van der Waals surface area contributed by atoms with E-state index in [0.29, 0.717) is 0 Å². The van der Waals surface area contributed by atoms with Crippen LogP contribution in [0.5, 0.6) is 0 Å². The van der Waals surface area contributed by atoms with Gasteiger partial charge in [-0.15, -0.1) is 0 Å². The normalized spacial score (nSPS) is 18.9. The van der Waals surface area contributed by atoms with Crippen molar-refractivity contribution in [3.8, 4) is 0 Å². The molecule has 1 saturated heterocycles. The van der Waals surface area contributed by atoms with Gasteiger partial charge in [0.15, 0.2) is 0 Å². The maximum atomic E-state index is 4.71. The minimum Gasteiger partial charge on any atom is -0.299 e. The Hall–Kier alpha value is -1.62. The molecule has 1 aliphatic rings. The third-order valence-electron chi connectivity index (χ3n) is 5.06. The first-order valence-electron chi connectivity index (χ1n) is 8.84. The SMILES string of the molecule is CCc1nn(C)c(CC)c1CN1CC[C@@H](Cc2cnn(C)c2)C1. The van der Waals surface area contributed by atoms with Gasteiger partial charge in [0.1, 0.15) is 0 Å². The molecule has 0 bridgehead atoms. The van der Waals surface area contributed by atoms with Gasteiger partial charge in [-0.2, -0.15) is 10.2 Å². The van der Waals surface area contributed by atoms with E-state index < -0.39 is 0 Å². The van der Waals surface area contributed by atoms with Crippen LogP contribution in [0.25, 0.3) is 0 Å². The third-order valence-corrected chi connectivity index (χ3v) is 5.06. The fourth-order valence-corrected chi connectivity index (χ4v) is 3.93. The van der Waals surface area contributed by atoms with Crippen molar-refractivity contribution >= 4 is 0 Å². The van der Waals surface area contributed by atoms with Crippen LogP contribution in [-0.2, 0) is 39.9 Å². The molecule has 0 amide bonds. The quantitative estimate of drug-likeness (QED) is 0.821. The van der Waals surface area contributed by atoms with Crippen LogP contribution in [0.4, 0.5) is 0 Å². The fraction of sp³-hybridized carbons (Fsp3) is 0.667. The number of aromatic nitrogens is 4. The zero-order chi connectivity index (χ0) is 16.4. The molecular formula is C18H29N5. The van der Waals surface area contributed by atoms with E-state index in [1.165, 1.54) is 42.0 Å². The van der Waals surface area contributed by atoms with Gasteiger partial charge in [0.2, 0.25) is 0 Å². The van der Waals surface area contributed by atoms with E-state index in [4.69, 9.17) is 5.10 Å². The van der Waals surface area contributed by atoms with Gasteiger partial charge in [-0.05, 0) is 43.7 Å². The van der Waals surface area contributed by atoms with Gasteiger partial charge in [0.25, 0.3) is 0 Å². The summed E-state index contributed by atoms with van der Waals surface area (Å²) in [5, 5.41) is 9.00. The van der Waals surface area contributed by atoms with Crippen LogP contribution in [0, 0.1) is 5.92 Å². The number of likely N-dealkylation sites (tertiary alicyclic amines) is 1. The molecule has 5 nitrogen and oxygen atoms in total. The second kappa shape index (κ2) is 6.87. The number of rotatable bonds is 6. The maximum absolute atomic E-state index is 4.71. The Kier molecular flexibility index (Phi) is 4.85. The highest BCUT2D eigenvalue weighted by Gasteiger charge is 2.25. The van der Waals surface area contributed by atoms with Gasteiger partial charge in [-0.3, -0.25) is 14.3 Å². The van der Waals surface area contributed by atoms with Crippen molar-refractivity contribution < 1.29 is 0 Å². The highest BCUT2D eigenvalue weighted by Crippen LogP contribution is 2.25. The molecule has 126 valence electrons. The standard InChI is InChI=1S/C18H29N5/c1-5-17-16(18(6-2)22(4)20-17)13-23-8-7-14(12-23)9-15-10-19-21(3)11-15/h10-11,14H,5-9,12-13H2,1-4H3/t14-/m0/s1. The Morgan fingerprint density at radius 1 is 1.22 bits per heavy atom. The van der Waals surface area contributed by atoms with Crippen LogP contribution in [0.2, 0.25) is 0 Å². The van der Waals surface area contributed by atoms with Crippen molar-refractivity contribution in [1.82, 2.24) is 24.5 Å². The van der Waals surface area contributed by atoms with Gasteiger partial charge >= 0.3 is 0 Å². The molecule has 0 spiro atoms. The second-order valence-electron chi connectivity index (χ2n) is 6.82. The Bertz CT molecular complexity index is 654. The van der Waals surface area contributed by atoms with Crippen LogP contribution >= 0.6 is 0 Å². The summed E-state index contributed by atoms with van der Waals surface area (Å²) in [6.07, 6.45) is 8.68. The first-order valence-corrected chi connectivity index (χ1v) is 8.84. The molecule has 1 fully saturated rings. The number of hydrogen-bond donors (Lipinski definition) is 0. The van der Waals surface area contributed by atoms with Crippen LogP contribution < -0.4 is 0 Å². The van der Waals surface area contributed by atoms with E-state index >= 15 is 0 Å². The van der Waals surface area contributed by atoms with Crippen molar-refractivity contribution in [2.45, 2.75) is 46.1 Å². The van der Waals surface area contributed by atoms with Crippen LogP contribution in [0.3, 0.4) is 0 Å². The summed E-state index contributed by atoms with van der Waals surface area (Å²) in [5.74, 6) is 0.756. The van der Waals surface area contributed by atoms with Gasteiger partial charge < -0.3 is 0 Å². The molecule has 3 heterocycles. The lowest BCUT2D eigenvalue weighted by atomic mass is 10.0. The van der Waals surface area contributed by atoms with E-state index in [1.54, 1.807) is 0 Å². The smallest absolute Gasteiger partial charge is 0.0669 e. The predicted octanol–water partition coefficient (Wildman–Crippen LogP) is 2.34. The molecule has 1 aliphatic heterocycles. The molecule has 1 atom stereocenters. The third kappa shape index (κ3) is 3.50. The Labute approximate surface area is 139 Å². The summed E-state index contributed by atoms with van der Waals surface area (Å²) in [6.45, 7) is 7.89. The van der Waals surface area contributed by atoms with Gasteiger partial charge in [-0.1, -0.05) is 13.8 Å². The topological polar surface area (TPSA) is 38.9 Å². The molecule has 0 unspecified atom stereocenters. The average Bonchev–Trinajstić information content (AvgIpc) is 3.21. The molecule has 0 saturated carbocycles. The molecule has 2 aromatic rings. The molecule has 3 rings (SSSR count). The Balaban J connectivity index is 1.64. The minimum atomic E-state index is 0.756. The molecule has 0 N–H and O–H groups in total. The summed E-state index contributed by atoms with van der Waals surface area (Å²) < 4.78 is 3.98. The number of aryl methyl sites for hydroxylation is 3. The lowest BCUT2D eigenvalue weighted by Crippen LogP contribution is -2.22. The summed E-state index contributed by atoms with van der Waals surface area (Å²) in [5.41, 5.74) is 5.52. The monoisotopic (exact) mass is 315 g/mol. The van der Waals surface area contributed by atoms with Crippen molar-refractivity contribution in [2.24, 2.45) is 20.0 Å². The maximum Gasteiger partial charge on any atom is 0.0669 e. The molecule has 23 heavy (non-hydrogen) atoms. The largest absolute Gasteiger partial charge is 0.299 e. The summed E-state index contributed by atoms with van der Waals surface area (Å²) in [7, 11) is 4.07. The lowest BCUT2D eigenvalue weighted by Gasteiger charge is -2.17. The fourth-order valence-electron chi connectivity index (χ4n) is 3.93. The summed E-state index contributed by atoms with van der Waals surface area (Å²) >= 11 is 0. The molecule has 2 aromatic heterocycles. The molecule has 0 aliphatic carbocycles. The molecular weight excluding hydrogens is 286 g/mol. The van der Waals surface area contributed by atoms with Gasteiger partial charge in [0.05, 0.1) is 11.9 Å². The van der Waals surface area contributed by atoms with Crippen molar-refractivity contribution in [3.05, 3.63) is 34.9 Å². The number of hydrogen-bond acceptors (Lipinski definition) is 3. The molecule has 5 heteroatoms. The average molecular weight is 315 g/mol. The van der Waals surface area contributed by atoms with Crippen LogP contribution in [0.15, 0.2) is 12.4 Å². The van der Waals surface area contributed by atoms with Crippen molar-refractivity contribution in [1.29, 1.82) is 0 Å². The second-order valence-corrected chi connectivity index (χ2v) is 6.82. The van der Waals surface area contributed by atoms with Crippen LogP contribution in [-0.4, -0.2) is 37.6 Å². The van der Waals surface area contributed by atoms with Gasteiger partial charge in [-0.25, -0.2) is 0 Å². The summed E-state index contributed by atoms with van der Waals surface area (Å²) in [4.78, 5) is 2.61. The summed E-state index contributed by atoms with van der Waals surface area (Å²) in [6, 6.07) is 0. The molecule has 0 aromatic carbocycles. The van der Waals surface area contributed by atoms with E-state index in [2.05, 4.69) is 41.8 Å². The van der Waals surface area contributed by atoms with E-state index in [-0.39, 0.29) is 0 Å². The minimum absolute atomic E-state index is 0.756. The van der Waals surface area contributed by atoms with Crippen molar-refractivity contribution in [2.75, 3.05) is 13.1 Å². The van der Waals surface area contributed by atoms with Crippen LogP contribution in [0.1, 0.15) is 42.8 Å². The van der Waals surface area contributed by atoms with E-state index in [1.807, 2.05) is 17.9 Å².